The molecule has 0 rings (SSSR count). The molecule has 0 spiro atoms. The van der Waals surface area contributed by atoms with Crippen LogP contribution in [0.4, 0.5) is 0 Å². The summed E-state index contributed by atoms with van der Waals surface area (Å²) in [4.78, 5) is 14.0. The first-order chi connectivity index (χ1) is 11.5. The topological polar surface area (TPSA) is 112 Å². The summed E-state index contributed by atoms with van der Waals surface area (Å²) >= 11 is 0. The molecule has 0 radical (unpaired) electrons. The van der Waals surface area contributed by atoms with Gasteiger partial charge in [-0.3, -0.25) is 4.79 Å². The van der Waals surface area contributed by atoms with Gasteiger partial charge in [0.25, 0.3) is 0 Å². The largest absolute Gasteiger partial charge is 0.460 e. The van der Waals surface area contributed by atoms with Crippen LogP contribution in [0.5, 0.6) is 0 Å². The molecule has 0 aliphatic carbocycles. The quantitative estimate of drug-likeness (QED) is 0.147. The summed E-state index contributed by atoms with van der Waals surface area (Å²) < 4.78 is 26.2. The number of hydrogen-bond donors (Lipinski definition) is 0. The van der Waals surface area contributed by atoms with Gasteiger partial charge in [0.2, 0.25) is 0 Å². The van der Waals surface area contributed by atoms with Gasteiger partial charge >= 0.3 is 5.97 Å². The Morgan fingerprint density at radius 3 is 1.79 bits per heavy atom. The van der Waals surface area contributed by atoms with Crippen molar-refractivity contribution in [1.29, 1.82) is 0 Å². The molecule has 0 aliphatic rings. The predicted octanol–water partition coefficient (Wildman–Crippen LogP) is 2.09. The minimum atomic E-state index is -0.462. The van der Waals surface area contributed by atoms with Gasteiger partial charge in [0.15, 0.2) is 0 Å². The van der Waals surface area contributed by atoms with E-state index in [1.165, 1.54) is 0 Å². The molecule has 0 saturated carbocycles. The standard InChI is InChI=1S/C15H29N3O6/c1-15(2,3)24-14(19)4-6-20-8-10-22-12-13-23-11-9-21-7-5-17-18-16/h4-13H2,1-3H3. The Labute approximate surface area is 143 Å². The van der Waals surface area contributed by atoms with E-state index in [-0.39, 0.29) is 12.4 Å². The highest BCUT2D eigenvalue weighted by molar-refractivity contribution is 5.69. The Hall–Kier alpha value is -1.38. The van der Waals surface area contributed by atoms with E-state index in [0.717, 1.165) is 0 Å². The number of carbonyl (C=O) groups is 1. The lowest BCUT2D eigenvalue weighted by Gasteiger charge is -2.19. The minimum absolute atomic E-state index is 0.236. The molecule has 0 unspecified atom stereocenters. The van der Waals surface area contributed by atoms with E-state index in [1.807, 2.05) is 20.8 Å². The molecular formula is C15H29N3O6. The van der Waals surface area contributed by atoms with E-state index < -0.39 is 5.60 Å². The molecular weight excluding hydrogens is 318 g/mol. The fraction of sp³-hybridized carbons (Fsp3) is 0.933. The predicted molar refractivity (Wildman–Crippen MR) is 87.8 cm³/mol. The Kier molecular flexibility index (Phi) is 14.3. The lowest BCUT2D eigenvalue weighted by atomic mass is 10.2. The maximum Gasteiger partial charge on any atom is 0.308 e. The SMILES string of the molecule is CC(C)(C)OC(=O)CCOCCOCCOCCOCCN=[N+]=[N-]. The van der Waals surface area contributed by atoms with Crippen LogP contribution >= 0.6 is 0 Å². The Bertz CT molecular complexity index is 367. The maximum atomic E-state index is 11.4. The summed E-state index contributed by atoms with van der Waals surface area (Å²) in [5.74, 6) is -0.265. The van der Waals surface area contributed by atoms with Crippen LogP contribution in [-0.4, -0.2) is 71.0 Å². The number of carbonyl (C=O) groups excluding carboxylic acids is 1. The summed E-state index contributed by atoms with van der Waals surface area (Å²) in [6.45, 7) is 9.25. The van der Waals surface area contributed by atoms with E-state index in [0.29, 0.717) is 59.4 Å². The van der Waals surface area contributed by atoms with E-state index in [1.54, 1.807) is 0 Å². The molecule has 0 aliphatic heterocycles. The van der Waals surface area contributed by atoms with Gasteiger partial charge < -0.3 is 23.7 Å². The van der Waals surface area contributed by atoms with Gasteiger partial charge in [0.05, 0.1) is 59.3 Å². The summed E-state index contributed by atoms with van der Waals surface area (Å²) in [7, 11) is 0. The number of rotatable bonds is 15. The van der Waals surface area contributed by atoms with Crippen molar-refractivity contribution < 1.29 is 28.5 Å². The summed E-state index contributed by atoms with van der Waals surface area (Å²) in [6, 6.07) is 0. The monoisotopic (exact) mass is 347 g/mol. The smallest absolute Gasteiger partial charge is 0.308 e. The third-order valence-electron chi connectivity index (χ3n) is 2.39. The van der Waals surface area contributed by atoms with Crippen molar-refractivity contribution in [3.05, 3.63) is 10.4 Å². The first-order valence-electron chi connectivity index (χ1n) is 7.99. The molecule has 9 heteroatoms. The maximum absolute atomic E-state index is 11.4. The number of azide groups is 1. The van der Waals surface area contributed by atoms with Crippen molar-refractivity contribution in [3.63, 3.8) is 0 Å². The molecule has 9 nitrogen and oxygen atoms in total. The molecule has 0 saturated heterocycles. The van der Waals surface area contributed by atoms with Gasteiger partial charge in [0.1, 0.15) is 5.60 Å². The number of esters is 1. The molecule has 24 heavy (non-hydrogen) atoms. The lowest BCUT2D eigenvalue weighted by molar-refractivity contribution is -0.156. The molecule has 0 atom stereocenters. The molecule has 0 aromatic carbocycles. The highest BCUT2D eigenvalue weighted by atomic mass is 16.6. The van der Waals surface area contributed by atoms with Crippen LogP contribution in [0.25, 0.3) is 10.4 Å². The van der Waals surface area contributed by atoms with Gasteiger partial charge in [-0.15, -0.1) is 0 Å². The van der Waals surface area contributed by atoms with Crippen molar-refractivity contribution in [2.75, 3.05) is 59.4 Å². The molecule has 0 N–H and O–H groups in total. The third-order valence-corrected chi connectivity index (χ3v) is 2.39. The average Bonchev–Trinajstić information content (AvgIpc) is 2.49. The normalized spacial score (nSPS) is 11.1. The highest BCUT2D eigenvalue weighted by Crippen LogP contribution is 2.07. The van der Waals surface area contributed by atoms with Crippen LogP contribution in [0.1, 0.15) is 27.2 Å². The molecule has 0 heterocycles. The average molecular weight is 347 g/mol. The molecule has 0 fully saturated rings. The summed E-state index contributed by atoms with van der Waals surface area (Å²) in [6.07, 6.45) is 0.236. The molecule has 140 valence electrons. The van der Waals surface area contributed by atoms with Crippen molar-refractivity contribution in [2.45, 2.75) is 32.8 Å². The van der Waals surface area contributed by atoms with Gasteiger partial charge in [-0.2, -0.15) is 0 Å². The highest BCUT2D eigenvalue weighted by Gasteiger charge is 2.15. The fourth-order valence-corrected chi connectivity index (χ4v) is 1.46. The second-order valence-corrected chi connectivity index (χ2v) is 5.74. The zero-order chi connectivity index (χ0) is 18.1. The van der Waals surface area contributed by atoms with Crippen LogP contribution in [0, 0.1) is 0 Å². The first-order valence-corrected chi connectivity index (χ1v) is 7.99. The van der Waals surface area contributed by atoms with Crippen LogP contribution in [0.3, 0.4) is 0 Å². The number of hydrogen-bond acceptors (Lipinski definition) is 7. The summed E-state index contributed by atoms with van der Waals surface area (Å²) in [5.41, 5.74) is 7.59. The van der Waals surface area contributed by atoms with Crippen molar-refractivity contribution in [1.82, 2.24) is 0 Å². The number of ether oxygens (including phenoxy) is 5. The molecule has 0 amide bonds. The third kappa shape index (κ3) is 18.7. The molecule has 0 aromatic heterocycles. The Balaban J connectivity index is 3.18. The second-order valence-electron chi connectivity index (χ2n) is 5.74. The van der Waals surface area contributed by atoms with Crippen molar-refractivity contribution >= 4 is 5.97 Å². The second kappa shape index (κ2) is 15.2. The Morgan fingerprint density at radius 2 is 1.33 bits per heavy atom. The van der Waals surface area contributed by atoms with Gasteiger partial charge in [-0.25, -0.2) is 0 Å². The van der Waals surface area contributed by atoms with Gasteiger partial charge in [-0.1, -0.05) is 5.11 Å². The molecule has 0 aromatic rings. The zero-order valence-corrected chi connectivity index (χ0v) is 14.9. The van der Waals surface area contributed by atoms with Crippen LogP contribution < -0.4 is 0 Å². The van der Waals surface area contributed by atoms with Crippen LogP contribution in [0.15, 0.2) is 5.11 Å². The zero-order valence-electron chi connectivity index (χ0n) is 14.9. The van der Waals surface area contributed by atoms with E-state index in [4.69, 9.17) is 29.2 Å². The van der Waals surface area contributed by atoms with Crippen molar-refractivity contribution in [3.8, 4) is 0 Å². The Morgan fingerprint density at radius 1 is 0.875 bits per heavy atom. The first kappa shape index (κ1) is 22.6. The summed E-state index contributed by atoms with van der Waals surface area (Å²) in [5, 5.41) is 3.34. The van der Waals surface area contributed by atoms with Crippen molar-refractivity contribution in [2.24, 2.45) is 5.11 Å². The molecule has 0 bridgehead atoms. The van der Waals surface area contributed by atoms with Gasteiger partial charge in [0, 0.05) is 11.5 Å². The van der Waals surface area contributed by atoms with Gasteiger partial charge in [-0.05, 0) is 26.3 Å². The van der Waals surface area contributed by atoms with Crippen LogP contribution in [-0.2, 0) is 28.5 Å². The number of nitrogens with zero attached hydrogens (tertiary/aromatic N) is 3. The van der Waals surface area contributed by atoms with E-state index in [9.17, 15) is 4.79 Å². The minimum Gasteiger partial charge on any atom is -0.460 e. The lowest BCUT2D eigenvalue weighted by Crippen LogP contribution is -2.24. The van der Waals surface area contributed by atoms with Crippen LogP contribution in [0.2, 0.25) is 0 Å². The van der Waals surface area contributed by atoms with E-state index in [2.05, 4.69) is 10.0 Å². The van der Waals surface area contributed by atoms with E-state index >= 15 is 0 Å². The fourth-order valence-electron chi connectivity index (χ4n) is 1.46.